The number of nitrogens with two attached hydrogens (primary N) is 4. The molecule has 0 saturated carbocycles. The number of aromatic nitrogens is 13. The summed E-state index contributed by atoms with van der Waals surface area (Å²) in [5.41, 5.74) is 47.5. The molecule has 1 aromatic carbocycles. The fraction of sp³-hybridized carbons (Fsp3) is 0.622. The molecule has 7 aromatic heterocycles. The average Bonchev–Trinajstić information content (AvgIpc) is 0.765. The Morgan fingerprint density at radius 2 is 0.950 bits per heavy atom. The summed E-state index contributed by atoms with van der Waals surface area (Å²) in [6, 6.07) is 16.4. The Labute approximate surface area is 732 Å². The van der Waals surface area contributed by atoms with Gasteiger partial charge in [-0.05, 0) is 198 Å². The predicted octanol–water partition coefficient (Wildman–Crippen LogP) is 20.7. The van der Waals surface area contributed by atoms with Crippen molar-refractivity contribution in [1.82, 2.24) is 74.6 Å². The molecule has 8 N–H and O–H groups in total. The number of halogens is 1. The Balaban J connectivity index is 0.000000251. The molecule has 0 radical (unpaired) electrons. The van der Waals surface area contributed by atoms with Crippen molar-refractivity contribution in [3.63, 3.8) is 0 Å². The lowest BCUT2D eigenvalue weighted by Crippen LogP contribution is -2.30. The zero-order valence-corrected chi connectivity index (χ0v) is 82.4. The highest BCUT2D eigenvalue weighted by Crippen LogP contribution is 2.45. The van der Waals surface area contributed by atoms with Gasteiger partial charge in [0.05, 0.1) is 86.9 Å². The molecule has 11 rings (SSSR count). The normalized spacial score (nSPS) is 15.5. The summed E-state index contributed by atoms with van der Waals surface area (Å²) >= 11 is 3.58. The largest absolute Gasteiger partial charge is 0.384 e. The van der Waals surface area contributed by atoms with Crippen molar-refractivity contribution in [3.8, 4) is 12.1 Å². The smallest absolute Gasteiger partial charge is 0.220 e. The van der Waals surface area contributed by atoms with Gasteiger partial charge in [0.1, 0.15) is 29.4 Å². The van der Waals surface area contributed by atoms with Crippen LogP contribution in [0.2, 0.25) is 0 Å². The number of nitrogens with zero attached hydrogens (tertiary/aromatic N) is 17. The average molecular weight is 1700 g/mol. The van der Waals surface area contributed by atoms with E-state index in [-0.39, 0.29) is 37.9 Å². The van der Waals surface area contributed by atoms with Crippen LogP contribution in [0, 0.1) is 67.1 Å². The van der Waals surface area contributed by atoms with Gasteiger partial charge < -0.3 is 32.7 Å². The van der Waals surface area contributed by atoms with Crippen LogP contribution in [0.1, 0.15) is 361 Å². The molecule has 120 heavy (non-hydrogen) atoms. The Kier molecular flexibility index (Phi) is 34.9. The third-order valence-electron chi connectivity index (χ3n) is 21.4. The first kappa shape index (κ1) is 102. The van der Waals surface area contributed by atoms with E-state index >= 15 is 0 Å². The zero-order valence-electron chi connectivity index (χ0n) is 80.8. The number of nitrogen functional groups attached to an aromatic ring is 4. The maximum Gasteiger partial charge on any atom is 0.220 e. The lowest BCUT2D eigenvalue weighted by atomic mass is 9.69. The fourth-order valence-electron chi connectivity index (χ4n) is 15.6. The second-order valence-corrected chi connectivity index (χ2v) is 43.4. The molecule has 22 heteroatoms. The molecule has 21 nitrogen and oxygen atoms in total. The van der Waals surface area contributed by atoms with Crippen LogP contribution in [-0.4, -0.2) is 103 Å². The molecule has 8 aromatic rings. The molecule has 0 saturated heterocycles. The Morgan fingerprint density at radius 1 is 0.483 bits per heavy atom. The highest BCUT2D eigenvalue weighted by Gasteiger charge is 2.38. The lowest BCUT2D eigenvalue weighted by molar-refractivity contribution is 0.280. The number of benzene rings is 1. The molecular formula is C98H152BrN21. The van der Waals surface area contributed by atoms with E-state index in [1.807, 2.05) is 41.8 Å². The zero-order chi connectivity index (χ0) is 91.3. The molecule has 3 aliphatic rings. The van der Waals surface area contributed by atoms with E-state index in [4.69, 9.17) is 43.4 Å². The summed E-state index contributed by atoms with van der Waals surface area (Å²) < 4.78 is 1.03. The summed E-state index contributed by atoms with van der Waals surface area (Å²) in [5, 5.41) is 17.7. The van der Waals surface area contributed by atoms with Gasteiger partial charge in [0.15, 0.2) is 0 Å². The van der Waals surface area contributed by atoms with Crippen molar-refractivity contribution in [2.45, 2.75) is 356 Å². The van der Waals surface area contributed by atoms with Crippen molar-refractivity contribution >= 4 is 39.6 Å². The molecule has 1 unspecified atom stereocenters. The molecule has 0 spiro atoms. The van der Waals surface area contributed by atoms with Gasteiger partial charge in [0, 0.05) is 67.1 Å². The van der Waals surface area contributed by atoms with E-state index in [1.165, 1.54) is 81.0 Å². The number of pyridine rings is 1. The van der Waals surface area contributed by atoms with Crippen LogP contribution in [0.15, 0.2) is 40.9 Å². The molecule has 2 atom stereocenters. The molecular weight excluding hydrogens is 1550 g/mol. The summed E-state index contributed by atoms with van der Waals surface area (Å²) in [4.78, 5) is 62.9. The second-order valence-electron chi connectivity index (χ2n) is 42.6. The predicted molar refractivity (Wildman–Crippen MR) is 501 cm³/mol. The molecule has 0 bridgehead atoms. The van der Waals surface area contributed by atoms with Crippen molar-refractivity contribution in [2.24, 2.45) is 16.7 Å². The maximum absolute atomic E-state index is 8.87. The minimum atomic E-state index is -0.138. The SMILES string of the molecule is CC(C)(C)c1nc(N)ccc1C#N.CC1(C)CCc2nc(CC#N)nc(C(C)(C)C)c2C1.CC1CC(C)(C)Cc2c1nc(N)nc2C(C)(C)C.CC[C@H]1CCc2c(nc(N)nc2C(C)(C)C)C1.CCc1nc(N)nc(C(C)(C)C)c1C.Cc1ccc(Cc2c(C)nc(CN(C)C)nc2C(C)(C)C)cc1.Cc1nc(CN(C)C)nc(C(C)(C)C)c1Br. The van der Waals surface area contributed by atoms with Crippen LogP contribution < -0.4 is 22.9 Å². The molecule has 0 fully saturated rings. The number of aryl methyl sites for hydroxylation is 5. The number of hydrogen-bond acceptors (Lipinski definition) is 21. The monoisotopic (exact) mass is 1700 g/mol. The van der Waals surface area contributed by atoms with Crippen LogP contribution in [-0.2, 0) is 102 Å². The first-order valence-corrected chi connectivity index (χ1v) is 43.9. The van der Waals surface area contributed by atoms with Gasteiger partial charge in [-0.25, -0.2) is 64.8 Å². The third-order valence-corrected chi connectivity index (χ3v) is 22.4. The van der Waals surface area contributed by atoms with Gasteiger partial charge in [0.25, 0.3) is 0 Å². The summed E-state index contributed by atoms with van der Waals surface area (Å²) in [6.45, 7) is 71.1. The van der Waals surface area contributed by atoms with E-state index in [1.54, 1.807) is 12.1 Å². The van der Waals surface area contributed by atoms with E-state index in [2.05, 4.69) is 325 Å². The minimum absolute atomic E-state index is 0.00461. The fourth-order valence-corrected chi connectivity index (χ4v) is 16.4. The van der Waals surface area contributed by atoms with Crippen molar-refractivity contribution in [2.75, 3.05) is 51.1 Å². The van der Waals surface area contributed by atoms with Crippen LogP contribution in [0.4, 0.5) is 23.7 Å². The topological polar surface area (TPSA) is 326 Å². The number of nitriles is 2. The molecule has 3 aliphatic carbocycles. The van der Waals surface area contributed by atoms with Crippen molar-refractivity contribution in [3.05, 3.63) is 177 Å². The second kappa shape index (κ2) is 41.1. The molecule has 0 aliphatic heterocycles. The first-order chi connectivity index (χ1) is 54.9. The standard InChI is InChI=1S/C20H29N3.C16H23N3.C15H25N3.C14H23N3.C12H20BrN3.C11H19N3.C10H13N3/c1-14-8-10-16(11-9-14)12-17-15(2)21-18(13-23(6)7)22-19(17)20(3,4)5;1-15(2,3)14-11-10-16(4,5)8-6-12(11)18-13(19-14)7-9-17;1-9-7-15(5,6)8-10-11(9)17-13(16)18-12(10)14(2,3)4;1-5-9-6-7-10-11(8-9)16-13(15)17-12(10)14(2,3)4;1-8-10(13)11(12(2,3)4)15-9(14-8)7-16(5)6;1-6-8-7(2)9(11(3,4)5)14-10(12)13-8;1-10(2,3)9-7(6-11)4-5-8(12)13-9/h8-11H,12-13H2,1-7H3;6-8,10H2,1-5H3;9H,7-8H2,1-6H3,(H2,16,17,18);9H,5-8H2,1-4H3,(H2,15,16,17);7H2,1-6H3;6H2,1-5H3,(H2,12,13,14);4-5H,1-3H3,(H2,12,13)/t;;;9-;;;/m...0.../s1. The summed E-state index contributed by atoms with van der Waals surface area (Å²) in [7, 11) is 8.15. The van der Waals surface area contributed by atoms with Gasteiger partial charge in [-0.1, -0.05) is 230 Å². The van der Waals surface area contributed by atoms with Gasteiger partial charge >= 0.3 is 0 Å². The molecule has 0 amide bonds. The highest BCUT2D eigenvalue weighted by molar-refractivity contribution is 9.10. The summed E-state index contributed by atoms with van der Waals surface area (Å²) in [6.07, 6.45) is 12.2. The lowest BCUT2D eigenvalue weighted by Gasteiger charge is -2.37. The number of rotatable bonds is 9. The van der Waals surface area contributed by atoms with Gasteiger partial charge in [-0.3, -0.25) is 0 Å². The van der Waals surface area contributed by atoms with Crippen LogP contribution >= 0.6 is 15.9 Å². The van der Waals surface area contributed by atoms with Gasteiger partial charge in [-0.2, -0.15) is 10.5 Å². The van der Waals surface area contributed by atoms with Crippen LogP contribution in [0.3, 0.4) is 0 Å². The van der Waals surface area contributed by atoms with E-state index in [0.717, 1.165) is 138 Å². The van der Waals surface area contributed by atoms with E-state index < -0.39 is 0 Å². The van der Waals surface area contributed by atoms with Crippen molar-refractivity contribution in [1.29, 1.82) is 10.5 Å². The minimum Gasteiger partial charge on any atom is -0.384 e. The van der Waals surface area contributed by atoms with Gasteiger partial charge in [0.2, 0.25) is 17.8 Å². The van der Waals surface area contributed by atoms with Gasteiger partial charge in [-0.15, -0.1) is 0 Å². The Hall–Kier alpha value is -8.57. The molecule has 656 valence electrons. The number of fused-ring (bicyclic) bond motifs is 3. The van der Waals surface area contributed by atoms with Crippen LogP contribution in [0.5, 0.6) is 0 Å². The number of hydrogen-bond donors (Lipinski definition) is 4. The molecule has 7 heterocycles. The Morgan fingerprint density at radius 3 is 1.44 bits per heavy atom. The Bertz CT molecular complexity index is 4860. The third kappa shape index (κ3) is 29.9. The van der Waals surface area contributed by atoms with E-state index in [9.17, 15) is 0 Å². The number of anilines is 4. The van der Waals surface area contributed by atoms with Crippen molar-refractivity contribution < 1.29 is 0 Å². The first-order valence-electron chi connectivity index (χ1n) is 43.1. The summed E-state index contributed by atoms with van der Waals surface area (Å²) in [5.74, 6) is 5.42. The quantitative estimate of drug-likeness (QED) is 0.104. The van der Waals surface area contributed by atoms with Crippen LogP contribution in [0.25, 0.3) is 0 Å². The highest BCUT2D eigenvalue weighted by atomic mass is 79.9. The van der Waals surface area contributed by atoms with E-state index in [0.29, 0.717) is 58.2 Å². The maximum atomic E-state index is 8.87.